The first kappa shape index (κ1) is 13.9. The first-order valence-corrected chi connectivity index (χ1v) is 5.68. The summed E-state index contributed by atoms with van der Waals surface area (Å²) in [5, 5.41) is 0. The van der Waals surface area contributed by atoms with E-state index in [-0.39, 0.29) is 5.82 Å². The van der Waals surface area contributed by atoms with Gasteiger partial charge in [-0.3, -0.25) is 0 Å². The minimum absolute atomic E-state index is 0.252. The normalized spacial score (nSPS) is 14.7. The van der Waals surface area contributed by atoms with E-state index in [1.165, 1.54) is 6.07 Å². The van der Waals surface area contributed by atoms with Gasteiger partial charge in [0.2, 0.25) is 0 Å². The fourth-order valence-corrected chi connectivity index (χ4v) is 2.20. The fraction of sp³-hybridized carbons (Fsp3) is 0.429. The Morgan fingerprint density at radius 3 is 2.47 bits per heavy atom. The van der Waals surface area contributed by atoms with Crippen molar-refractivity contribution < 1.29 is 4.39 Å². The summed E-state index contributed by atoms with van der Waals surface area (Å²) in [5.41, 5.74) is 7.17. The summed E-state index contributed by atoms with van der Waals surface area (Å²) in [5.74, 6) is -0.252. The molecule has 1 unspecified atom stereocenters. The van der Waals surface area contributed by atoms with Gasteiger partial charge in [0.1, 0.15) is 5.82 Å². The molecule has 0 fully saturated rings. The Balaban J connectivity index is 3.14. The van der Waals surface area contributed by atoms with E-state index in [1.807, 2.05) is 32.0 Å². The van der Waals surface area contributed by atoms with Gasteiger partial charge in [-0.15, -0.1) is 6.58 Å². The third kappa shape index (κ3) is 3.65. The molecule has 0 amide bonds. The zero-order valence-corrected chi connectivity index (χ0v) is 10.8. The zero-order chi connectivity index (χ0) is 13.1. The standard InChI is InChI=1S/C14H21FN2/c1-11(2)9-14(16,10-17(3)4)12-7-5-6-8-13(12)15/h5-8H,1,9-10,16H2,2-4H3. The van der Waals surface area contributed by atoms with E-state index < -0.39 is 5.54 Å². The number of nitrogens with zero attached hydrogens (tertiary/aromatic N) is 1. The summed E-state index contributed by atoms with van der Waals surface area (Å²) < 4.78 is 13.9. The Morgan fingerprint density at radius 2 is 2.00 bits per heavy atom. The van der Waals surface area contributed by atoms with Crippen molar-refractivity contribution in [1.29, 1.82) is 0 Å². The topological polar surface area (TPSA) is 29.3 Å². The molecule has 17 heavy (non-hydrogen) atoms. The monoisotopic (exact) mass is 236 g/mol. The number of halogens is 1. The summed E-state index contributed by atoms with van der Waals surface area (Å²) >= 11 is 0. The Hall–Kier alpha value is -1.19. The zero-order valence-electron chi connectivity index (χ0n) is 10.8. The van der Waals surface area contributed by atoms with Crippen molar-refractivity contribution in [1.82, 2.24) is 4.90 Å². The third-order valence-corrected chi connectivity index (χ3v) is 2.63. The summed E-state index contributed by atoms with van der Waals surface area (Å²) in [7, 11) is 3.86. The molecule has 0 aliphatic rings. The van der Waals surface area contributed by atoms with Crippen molar-refractivity contribution >= 4 is 0 Å². The largest absolute Gasteiger partial charge is 0.320 e. The van der Waals surface area contributed by atoms with E-state index in [4.69, 9.17) is 5.73 Å². The molecule has 0 saturated carbocycles. The molecule has 1 aromatic rings. The van der Waals surface area contributed by atoms with E-state index in [9.17, 15) is 4.39 Å². The lowest BCUT2D eigenvalue weighted by Gasteiger charge is -2.33. The first-order chi connectivity index (χ1) is 7.85. The quantitative estimate of drug-likeness (QED) is 0.796. The van der Waals surface area contributed by atoms with Gasteiger partial charge in [-0.25, -0.2) is 4.39 Å². The molecule has 3 heteroatoms. The molecule has 0 saturated heterocycles. The number of nitrogens with two attached hydrogens (primary N) is 1. The van der Waals surface area contributed by atoms with Gasteiger partial charge in [0.05, 0.1) is 5.54 Å². The Bertz CT molecular complexity index is 401. The summed E-state index contributed by atoms with van der Waals surface area (Å²) in [6, 6.07) is 6.69. The smallest absolute Gasteiger partial charge is 0.128 e. The van der Waals surface area contributed by atoms with Crippen LogP contribution in [0.5, 0.6) is 0 Å². The minimum Gasteiger partial charge on any atom is -0.320 e. The maximum atomic E-state index is 13.9. The van der Waals surface area contributed by atoms with Gasteiger partial charge >= 0.3 is 0 Å². The highest BCUT2D eigenvalue weighted by Gasteiger charge is 2.30. The Labute approximate surface area is 103 Å². The van der Waals surface area contributed by atoms with Gasteiger partial charge in [-0.1, -0.05) is 23.8 Å². The van der Waals surface area contributed by atoms with Gasteiger partial charge < -0.3 is 10.6 Å². The first-order valence-electron chi connectivity index (χ1n) is 5.68. The lowest BCUT2D eigenvalue weighted by atomic mass is 9.84. The second-order valence-corrected chi connectivity index (χ2v) is 5.01. The molecule has 0 radical (unpaired) electrons. The summed E-state index contributed by atoms with van der Waals surface area (Å²) in [6.07, 6.45) is 0.576. The second kappa shape index (κ2) is 5.43. The predicted octanol–water partition coefficient (Wildman–Crippen LogP) is 2.51. The maximum absolute atomic E-state index is 13.9. The predicted molar refractivity (Wildman–Crippen MR) is 70.3 cm³/mol. The van der Waals surface area contributed by atoms with Crippen molar-refractivity contribution in [2.24, 2.45) is 5.73 Å². The van der Waals surface area contributed by atoms with Crippen LogP contribution in [0.3, 0.4) is 0 Å². The Kier molecular flexibility index (Phi) is 4.43. The van der Waals surface area contributed by atoms with Gasteiger partial charge in [-0.05, 0) is 33.5 Å². The second-order valence-electron chi connectivity index (χ2n) is 5.01. The molecular formula is C14H21FN2. The van der Waals surface area contributed by atoms with Crippen LogP contribution in [0.25, 0.3) is 0 Å². The highest BCUT2D eigenvalue weighted by Crippen LogP contribution is 2.28. The fourth-order valence-electron chi connectivity index (χ4n) is 2.20. The van der Waals surface area contributed by atoms with Crippen LogP contribution in [-0.4, -0.2) is 25.5 Å². The highest BCUT2D eigenvalue weighted by atomic mass is 19.1. The van der Waals surface area contributed by atoms with Crippen LogP contribution < -0.4 is 5.73 Å². The van der Waals surface area contributed by atoms with Crippen LogP contribution in [-0.2, 0) is 5.54 Å². The van der Waals surface area contributed by atoms with Crippen LogP contribution in [0.15, 0.2) is 36.4 Å². The molecule has 94 valence electrons. The van der Waals surface area contributed by atoms with Crippen LogP contribution in [0.2, 0.25) is 0 Å². The van der Waals surface area contributed by atoms with Crippen LogP contribution >= 0.6 is 0 Å². The lowest BCUT2D eigenvalue weighted by molar-refractivity contribution is 0.277. The summed E-state index contributed by atoms with van der Waals surface area (Å²) in [6.45, 7) is 6.38. The minimum atomic E-state index is -0.722. The van der Waals surface area contributed by atoms with Gasteiger partial charge in [-0.2, -0.15) is 0 Å². The molecule has 1 atom stereocenters. The molecule has 0 aliphatic heterocycles. The molecule has 0 aromatic heterocycles. The molecule has 1 aromatic carbocycles. The Morgan fingerprint density at radius 1 is 1.41 bits per heavy atom. The third-order valence-electron chi connectivity index (χ3n) is 2.63. The van der Waals surface area contributed by atoms with Gasteiger partial charge in [0, 0.05) is 12.1 Å². The SMILES string of the molecule is C=C(C)CC(N)(CN(C)C)c1ccccc1F. The molecule has 0 bridgehead atoms. The van der Waals surface area contributed by atoms with E-state index >= 15 is 0 Å². The van der Waals surface area contributed by atoms with Crippen molar-refractivity contribution in [3.8, 4) is 0 Å². The van der Waals surface area contributed by atoms with E-state index in [1.54, 1.807) is 12.1 Å². The van der Waals surface area contributed by atoms with Gasteiger partial charge in [0.15, 0.2) is 0 Å². The number of rotatable bonds is 5. The molecular weight excluding hydrogens is 215 g/mol. The molecule has 0 spiro atoms. The van der Waals surface area contributed by atoms with E-state index in [0.29, 0.717) is 18.5 Å². The number of likely N-dealkylation sites (N-methyl/N-ethyl adjacent to an activating group) is 1. The number of benzene rings is 1. The summed E-state index contributed by atoms with van der Waals surface area (Å²) in [4.78, 5) is 1.97. The van der Waals surface area contributed by atoms with Crippen molar-refractivity contribution in [2.45, 2.75) is 18.9 Å². The maximum Gasteiger partial charge on any atom is 0.128 e. The average Bonchev–Trinajstić information content (AvgIpc) is 2.15. The van der Waals surface area contributed by atoms with Crippen molar-refractivity contribution in [2.75, 3.05) is 20.6 Å². The van der Waals surface area contributed by atoms with Crippen LogP contribution in [0.4, 0.5) is 4.39 Å². The molecule has 1 rings (SSSR count). The lowest BCUT2D eigenvalue weighted by Crippen LogP contribution is -2.46. The molecule has 2 N–H and O–H groups in total. The van der Waals surface area contributed by atoms with Crippen molar-refractivity contribution in [3.63, 3.8) is 0 Å². The molecule has 0 heterocycles. The molecule has 0 aliphatic carbocycles. The van der Waals surface area contributed by atoms with Crippen LogP contribution in [0.1, 0.15) is 18.9 Å². The van der Waals surface area contributed by atoms with Gasteiger partial charge in [0.25, 0.3) is 0 Å². The van der Waals surface area contributed by atoms with Crippen molar-refractivity contribution in [3.05, 3.63) is 47.8 Å². The number of hydrogen-bond acceptors (Lipinski definition) is 2. The average molecular weight is 236 g/mol. The van der Waals surface area contributed by atoms with E-state index in [2.05, 4.69) is 6.58 Å². The highest BCUT2D eigenvalue weighted by molar-refractivity contribution is 5.28. The van der Waals surface area contributed by atoms with E-state index in [0.717, 1.165) is 5.57 Å². The molecule has 2 nitrogen and oxygen atoms in total. The number of hydrogen-bond donors (Lipinski definition) is 1. The van der Waals surface area contributed by atoms with Crippen LogP contribution in [0, 0.1) is 5.82 Å².